The van der Waals surface area contributed by atoms with Crippen molar-refractivity contribution in [1.82, 2.24) is 0 Å². The van der Waals surface area contributed by atoms with E-state index in [0.29, 0.717) is 11.5 Å². The highest BCUT2D eigenvalue weighted by Gasteiger charge is 2.29. The summed E-state index contributed by atoms with van der Waals surface area (Å²) in [6.45, 7) is 0. The number of amides is 2. The second kappa shape index (κ2) is 7.95. The van der Waals surface area contributed by atoms with Crippen LogP contribution in [0.2, 0.25) is 0 Å². The molecule has 2 aliphatic rings. The minimum Gasteiger partial charge on any atom is -0.326 e. The van der Waals surface area contributed by atoms with E-state index in [1.807, 2.05) is 36.4 Å². The van der Waals surface area contributed by atoms with E-state index >= 15 is 0 Å². The van der Waals surface area contributed by atoms with E-state index in [4.69, 9.17) is 0 Å². The van der Waals surface area contributed by atoms with E-state index in [-0.39, 0.29) is 17.7 Å². The molecule has 27 heavy (non-hydrogen) atoms. The van der Waals surface area contributed by atoms with Gasteiger partial charge < -0.3 is 10.6 Å². The Bertz CT molecular complexity index is 801. The summed E-state index contributed by atoms with van der Waals surface area (Å²) in [7, 11) is 0. The molecule has 2 saturated carbocycles. The quantitative estimate of drug-likeness (QED) is 0.755. The smallest absolute Gasteiger partial charge is 0.255 e. The highest BCUT2D eigenvalue weighted by molar-refractivity contribution is 6.04. The lowest BCUT2D eigenvalue weighted by atomic mass is 9.84. The second-order valence-corrected chi connectivity index (χ2v) is 7.75. The van der Waals surface area contributed by atoms with Crippen LogP contribution < -0.4 is 10.6 Å². The molecule has 2 aromatic rings. The molecular weight excluding hydrogens is 336 g/mol. The van der Waals surface area contributed by atoms with Gasteiger partial charge in [-0.05, 0) is 73.6 Å². The fourth-order valence-electron chi connectivity index (χ4n) is 3.77. The summed E-state index contributed by atoms with van der Waals surface area (Å²) in [5.41, 5.74) is 3.50. The van der Waals surface area contributed by atoms with Crippen LogP contribution in [0.3, 0.4) is 0 Å². The van der Waals surface area contributed by atoms with Crippen LogP contribution in [0.5, 0.6) is 0 Å². The van der Waals surface area contributed by atoms with Gasteiger partial charge in [-0.25, -0.2) is 0 Å². The summed E-state index contributed by atoms with van der Waals surface area (Å²) >= 11 is 0. The van der Waals surface area contributed by atoms with Gasteiger partial charge in [0.25, 0.3) is 5.91 Å². The van der Waals surface area contributed by atoms with Crippen LogP contribution in [-0.4, -0.2) is 11.8 Å². The lowest BCUT2D eigenvalue weighted by molar-refractivity contribution is -0.117. The van der Waals surface area contributed by atoms with Gasteiger partial charge in [-0.3, -0.25) is 9.59 Å². The van der Waals surface area contributed by atoms with Crippen molar-refractivity contribution in [2.75, 3.05) is 10.6 Å². The van der Waals surface area contributed by atoms with Crippen LogP contribution in [0.15, 0.2) is 48.5 Å². The van der Waals surface area contributed by atoms with Crippen molar-refractivity contribution in [3.63, 3.8) is 0 Å². The number of anilines is 2. The third-order valence-electron chi connectivity index (χ3n) is 5.61. The Hall–Kier alpha value is -2.62. The molecule has 2 aliphatic carbocycles. The fourth-order valence-corrected chi connectivity index (χ4v) is 3.77. The third kappa shape index (κ3) is 4.57. The maximum atomic E-state index is 12.5. The molecule has 0 radical (unpaired) electrons. The van der Waals surface area contributed by atoms with Gasteiger partial charge in [0, 0.05) is 22.9 Å². The number of carbonyl (C=O) groups excluding carboxylic acids is 2. The first-order chi connectivity index (χ1) is 13.2. The number of hydrogen-bond donors (Lipinski definition) is 2. The Morgan fingerprint density at radius 1 is 0.704 bits per heavy atom. The molecule has 140 valence electrons. The Labute approximate surface area is 160 Å². The minimum atomic E-state index is -0.111. The molecule has 0 atom stereocenters. The van der Waals surface area contributed by atoms with Crippen LogP contribution in [0.1, 0.15) is 66.8 Å². The number of rotatable bonds is 5. The molecule has 2 N–H and O–H groups in total. The lowest BCUT2D eigenvalue weighted by Crippen LogP contribution is -2.14. The van der Waals surface area contributed by atoms with Crippen LogP contribution in [0.4, 0.5) is 11.4 Å². The Kier molecular flexibility index (Phi) is 5.23. The van der Waals surface area contributed by atoms with Gasteiger partial charge in [0.15, 0.2) is 0 Å². The van der Waals surface area contributed by atoms with E-state index in [0.717, 1.165) is 24.2 Å². The number of hydrogen-bond acceptors (Lipinski definition) is 2. The van der Waals surface area contributed by atoms with E-state index in [1.54, 1.807) is 0 Å². The SMILES string of the molecule is O=C(Nc1ccc(NC(=O)C2CC2)cc1)c1ccc(C2CCCCC2)cc1. The summed E-state index contributed by atoms with van der Waals surface area (Å²) in [5, 5.41) is 5.82. The standard InChI is InChI=1S/C23H26N2O2/c26-22(18-8-6-17(7-9-18)16-4-2-1-3-5-16)24-20-12-14-21(15-13-20)25-23(27)19-10-11-19/h6-9,12-16,19H,1-5,10-11H2,(H,24,26)(H,25,27). The molecule has 0 heterocycles. The summed E-state index contributed by atoms with van der Waals surface area (Å²) in [5.74, 6) is 0.806. The van der Waals surface area contributed by atoms with Crippen molar-refractivity contribution in [3.8, 4) is 0 Å². The number of nitrogens with one attached hydrogen (secondary N) is 2. The van der Waals surface area contributed by atoms with Crippen LogP contribution in [0.25, 0.3) is 0 Å². The zero-order chi connectivity index (χ0) is 18.6. The molecule has 0 aliphatic heterocycles. The molecule has 0 bridgehead atoms. The first-order valence-electron chi connectivity index (χ1n) is 10.0. The highest BCUT2D eigenvalue weighted by atomic mass is 16.2. The Morgan fingerprint density at radius 3 is 1.89 bits per heavy atom. The molecule has 2 aromatic carbocycles. The molecular formula is C23H26N2O2. The van der Waals surface area contributed by atoms with Gasteiger partial charge in [-0.1, -0.05) is 31.4 Å². The van der Waals surface area contributed by atoms with E-state index in [1.165, 1.54) is 37.7 Å². The van der Waals surface area contributed by atoms with Gasteiger partial charge in [-0.15, -0.1) is 0 Å². The van der Waals surface area contributed by atoms with E-state index in [2.05, 4.69) is 22.8 Å². The maximum absolute atomic E-state index is 12.5. The van der Waals surface area contributed by atoms with Crippen molar-refractivity contribution in [3.05, 3.63) is 59.7 Å². The summed E-state index contributed by atoms with van der Waals surface area (Å²) in [4.78, 5) is 24.3. The molecule has 0 saturated heterocycles. The van der Waals surface area contributed by atoms with Gasteiger partial charge in [0.1, 0.15) is 0 Å². The molecule has 0 unspecified atom stereocenters. The third-order valence-corrected chi connectivity index (χ3v) is 5.61. The Balaban J connectivity index is 1.34. The van der Waals surface area contributed by atoms with Crippen molar-refractivity contribution >= 4 is 23.2 Å². The van der Waals surface area contributed by atoms with Crippen molar-refractivity contribution < 1.29 is 9.59 Å². The van der Waals surface area contributed by atoms with Crippen molar-refractivity contribution in [2.45, 2.75) is 50.9 Å². The van der Waals surface area contributed by atoms with E-state index < -0.39 is 0 Å². The fraction of sp³-hybridized carbons (Fsp3) is 0.391. The maximum Gasteiger partial charge on any atom is 0.255 e. The molecule has 4 nitrogen and oxygen atoms in total. The van der Waals surface area contributed by atoms with Gasteiger partial charge in [-0.2, -0.15) is 0 Å². The predicted molar refractivity (Wildman–Crippen MR) is 108 cm³/mol. The summed E-state index contributed by atoms with van der Waals surface area (Å²) in [6.07, 6.45) is 8.46. The molecule has 4 rings (SSSR count). The topological polar surface area (TPSA) is 58.2 Å². The van der Waals surface area contributed by atoms with Crippen LogP contribution in [-0.2, 0) is 4.79 Å². The largest absolute Gasteiger partial charge is 0.326 e. The first kappa shape index (κ1) is 17.8. The van der Waals surface area contributed by atoms with Gasteiger partial charge in [0.05, 0.1) is 0 Å². The van der Waals surface area contributed by atoms with Crippen molar-refractivity contribution in [1.29, 1.82) is 0 Å². The molecule has 0 spiro atoms. The average molecular weight is 362 g/mol. The summed E-state index contributed by atoms with van der Waals surface area (Å²) in [6, 6.07) is 15.3. The lowest BCUT2D eigenvalue weighted by Gasteiger charge is -2.22. The number of carbonyl (C=O) groups is 2. The Morgan fingerprint density at radius 2 is 1.30 bits per heavy atom. The van der Waals surface area contributed by atoms with Crippen LogP contribution in [0, 0.1) is 5.92 Å². The predicted octanol–water partition coefficient (Wildman–Crippen LogP) is 5.34. The molecule has 0 aromatic heterocycles. The van der Waals surface area contributed by atoms with Gasteiger partial charge >= 0.3 is 0 Å². The van der Waals surface area contributed by atoms with Gasteiger partial charge in [0.2, 0.25) is 5.91 Å². The minimum absolute atomic E-state index is 0.0878. The van der Waals surface area contributed by atoms with E-state index in [9.17, 15) is 9.59 Å². The zero-order valence-electron chi connectivity index (χ0n) is 15.5. The molecule has 2 amide bonds. The number of benzene rings is 2. The van der Waals surface area contributed by atoms with Crippen LogP contribution >= 0.6 is 0 Å². The second-order valence-electron chi connectivity index (χ2n) is 7.75. The normalized spacial score (nSPS) is 17.3. The zero-order valence-corrected chi connectivity index (χ0v) is 15.5. The summed E-state index contributed by atoms with van der Waals surface area (Å²) < 4.78 is 0. The monoisotopic (exact) mass is 362 g/mol. The molecule has 4 heteroatoms. The average Bonchev–Trinajstić information content (AvgIpc) is 3.56. The first-order valence-corrected chi connectivity index (χ1v) is 10.0. The molecule has 2 fully saturated rings. The highest BCUT2D eigenvalue weighted by Crippen LogP contribution is 2.33. The van der Waals surface area contributed by atoms with Crippen molar-refractivity contribution in [2.24, 2.45) is 5.92 Å².